The summed E-state index contributed by atoms with van der Waals surface area (Å²) < 4.78 is 0. The van der Waals surface area contributed by atoms with E-state index in [1.807, 2.05) is 0 Å². The summed E-state index contributed by atoms with van der Waals surface area (Å²) in [6, 6.07) is 0. The minimum atomic E-state index is -0.660. The fourth-order valence-corrected chi connectivity index (χ4v) is 3.45. The van der Waals surface area contributed by atoms with Gasteiger partial charge >= 0.3 is 5.97 Å². The van der Waals surface area contributed by atoms with Crippen LogP contribution < -0.4 is 0 Å². The van der Waals surface area contributed by atoms with Crippen molar-refractivity contribution in [3.63, 3.8) is 0 Å². The van der Waals surface area contributed by atoms with Crippen LogP contribution in [0.3, 0.4) is 0 Å². The zero-order chi connectivity index (χ0) is 19.8. The number of aliphatic carboxylic acids is 1. The number of rotatable bonds is 22. The van der Waals surface area contributed by atoms with E-state index in [-0.39, 0.29) is 0 Å². The molecule has 0 aromatic heterocycles. The highest BCUT2D eigenvalue weighted by Crippen LogP contribution is 2.13. The fourth-order valence-electron chi connectivity index (χ4n) is 3.45. The Morgan fingerprint density at radius 2 is 0.852 bits per heavy atom. The largest absolute Gasteiger partial charge is 0.481 e. The molecule has 160 valence electrons. The van der Waals surface area contributed by atoms with Gasteiger partial charge < -0.3 is 10.2 Å². The van der Waals surface area contributed by atoms with Crippen molar-refractivity contribution in [2.75, 3.05) is 6.61 Å². The minimum Gasteiger partial charge on any atom is -0.481 e. The Hall–Kier alpha value is -0.830. The van der Waals surface area contributed by atoms with Crippen LogP contribution in [0.5, 0.6) is 0 Å². The second-order valence-electron chi connectivity index (χ2n) is 7.93. The molecule has 0 aliphatic rings. The molecule has 0 fully saturated rings. The van der Waals surface area contributed by atoms with Crippen molar-refractivity contribution in [3.05, 3.63) is 12.2 Å². The average molecular weight is 383 g/mol. The van der Waals surface area contributed by atoms with Gasteiger partial charge in [-0.3, -0.25) is 4.79 Å². The fraction of sp³-hybridized carbons (Fsp3) is 0.875. The van der Waals surface area contributed by atoms with Crippen molar-refractivity contribution in [2.45, 2.75) is 128 Å². The van der Waals surface area contributed by atoms with E-state index < -0.39 is 5.97 Å². The van der Waals surface area contributed by atoms with Gasteiger partial charge in [-0.2, -0.15) is 0 Å². The van der Waals surface area contributed by atoms with Gasteiger partial charge in [-0.15, -0.1) is 0 Å². The van der Waals surface area contributed by atoms with Gasteiger partial charge in [0, 0.05) is 13.0 Å². The highest BCUT2D eigenvalue weighted by Gasteiger charge is 1.97. The van der Waals surface area contributed by atoms with E-state index in [1.165, 1.54) is 103 Å². The van der Waals surface area contributed by atoms with Crippen LogP contribution in [0.15, 0.2) is 12.2 Å². The predicted octanol–water partition coefficient (Wildman–Crippen LogP) is 7.42. The number of carboxylic acids is 1. The molecular formula is C24H46O3. The molecule has 0 saturated carbocycles. The van der Waals surface area contributed by atoms with Gasteiger partial charge in [0.2, 0.25) is 0 Å². The van der Waals surface area contributed by atoms with E-state index in [9.17, 15) is 4.79 Å². The normalized spacial score (nSPS) is 11.4. The van der Waals surface area contributed by atoms with E-state index in [0.717, 1.165) is 19.3 Å². The minimum absolute atomic E-state index is 0.335. The molecule has 0 bridgehead atoms. The molecule has 2 N–H and O–H groups in total. The predicted molar refractivity (Wildman–Crippen MR) is 116 cm³/mol. The first-order chi connectivity index (χ1) is 13.3. The molecule has 0 aromatic carbocycles. The van der Waals surface area contributed by atoms with Crippen molar-refractivity contribution >= 4 is 5.97 Å². The zero-order valence-electron chi connectivity index (χ0n) is 17.8. The van der Waals surface area contributed by atoms with E-state index >= 15 is 0 Å². The van der Waals surface area contributed by atoms with Crippen LogP contribution in [0.1, 0.15) is 128 Å². The van der Waals surface area contributed by atoms with Crippen molar-refractivity contribution < 1.29 is 15.0 Å². The van der Waals surface area contributed by atoms with Gasteiger partial charge in [-0.05, 0) is 38.5 Å². The number of aliphatic hydroxyl groups excluding tert-OH is 1. The topological polar surface area (TPSA) is 57.5 Å². The van der Waals surface area contributed by atoms with E-state index in [1.54, 1.807) is 0 Å². The molecule has 0 atom stereocenters. The molecule has 0 rings (SSSR count). The molecule has 0 radical (unpaired) electrons. The van der Waals surface area contributed by atoms with Crippen LogP contribution in [-0.4, -0.2) is 22.8 Å². The smallest absolute Gasteiger partial charge is 0.303 e. The summed E-state index contributed by atoms with van der Waals surface area (Å²) >= 11 is 0. The van der Waals surface area contributed by atoms with Gasteiger partial charge in [-0.25, -0.2) is 0 Å². The summed E-state index contributed by atoms with van der Waals surface area (Å²) in [4.78, 5) is 10.4. The number of carboxylic acid groups (broad SMARTS) is 1. The third kappa shape index (κ3) is 25.2. The Morgan fingerprint density at radius 1 is 0.519 bits per heavy atom. The van der Waals surface area contributed by atoms with E-state index in [2.05, 4.69) is 12.2 Å². The molecular weight excluding hydrogens is 336 g/mol. The van der Waals surface area contributed by atoms with Crippen LogP contribution in [0.25, 0.3) is 0 Å². The van der Waals surface area contributed by atoms with Crippen molar-refractivity contribution in [1.82, 2.24) is 0 Å². The molecule has 0 saturated heterocycles. The standard InChI is InChI=1S/C24H46O3/c25-23-21-19-17-15-13-11-9-7-5-3-1-2-4-6-8-10-12-14-16-18-20-22-24(26)27/h5,7,25H,1-4,6,8-23H2,(H,26,27). The maximum atomic E-state index is 10.4. The Labute approximate surface area is 168 Å². The van der Waals surface area contributed by atoms with E-state index in [0.29, 0.717) is 13.0 Å². The summed E-state index contributed by atoms with van der Waals surface area (Å²) in [7, 11) is 0. The first-order valence-electron chi connectivity index (χ1n) is 11.7. The van der Waals surface area contributed by atoms with Gasteiger partial charge in [0.25, 0.3) is 0 Å². The second-order valence-corrected chi connectivity index (χ2v) is 7.93. The quantitative estimate of drug-likeness (QED) is 0.151. The highest BCUT2D eigenvalue weighted by atomic mass is 16.4. The molecule has 0 aliphatic heterocycles. The molecule has 0 aliphatic carbocycles. The van der Waals surface area contributed by atoms with Crippen molar-refractivity contribution in [3.8, 4) is 0 Å². The van der Waals surface area contributed by atoms with Gasteiger partial charge in [0.05, 0.1) is 0 Å². The lowest BCUT2D eigenvalue weighted by Crippen LogP contribution is -1.93. The van der Waals surface area contributed by atoms with Gasteiger partial charge in [-0.1, -0.05) is 95.6 Å². The summed E-state index contributed by atoms with van der Waals surface area (Å²) in [5.74, 6) is -0.660. The Kier molecular flexibility index (Phi) is 22.5. The van der Waals surface area contributed by atoms with Crippen LogP contribution in [-0.2, 0) is 4.79 Å². The highest BCUT2D eigenvalue weighted by molar-refractivity contribution is 5.66. The molecule has 3 heteroatoms. The number of hydrogen-bond donors (Lipinski definition) is 2. The number of carbonyl (C=O) groups is 1. The average Bonchev–Trinajstić information content (AvgIpc) is 2.65. The maximum Gasteiger partial charge on any atom is 0.303 e. The van der Waals surface area contributed by atoms with Crippen LogP contribution in [0.4, 0.5) is 0 Å². The number of allylic oxidation sites excluding steroid dienone is 2. The molecule has 0 unspecified atom stereocenters. The number of unbranched alkanes of at least 4 members (excludes halogenated alkanes) is 17. The van der Waals surface area contributed by atoms with Crippen LogP contribution in [0.2, 0.25) is 0 Å². The van der Waals surface area contributed by atoms with Crippen LogP contribution >= 0.6 is 0 Å². The van der Waals surface area contributed by atoms with Crippen molar-refractivity contribution in [1.29, 1.82) is 0 Å². The lowest BCUT2D eigenvalue weighted by Gasteiger charge is -2.02. The molecule has 0 heterocycles. The first kappa shape index (κ1) is 26.2. The number of aliphatic hydroxyl groups is 1. The van der Waals surface area contributed by atoms with Gasteiger partial charge in [0.1, 0.15) is 0 Å². The molecule has 0 spiro atoms. The monoisotopic (exact) mass is 382 g/mol. The maximum absolute atomic E-state index is 10.4. The molecule has 27 heavy (non-hydrogen) atoms. The third-order valence-corrected chi connectivity index (χ3v) is 5.21. The Morgan fingerprint density at radius 3 is 1.22 bits per heavy atom. The lowest BCUT2D eigenvalue weighted by atomic mass is 10.0. The molecule has 0 aromatic rings. The lowest BCUT2D eigenvalue weighted by molar-refractivity contribution is -0.137. The summed E-state index contributed by atoms with van der Waals surface area (Å²) in [5, 5.41) is 17.3. The number of hydrogen-bond acceptors (Lipinski definition) is 2. The Bertz CT molecular complexity index is 326. The summed E-state index contributed by atoms with van der Waals surface area (Å²) in [6.45, 7) is 0.348. The summed E-state index contributed by atoms with van der Waals surface area (Å²) in [5.41, 5.74) is 0. The Balaban J connectivity index is 3.07. The molecule has 0 amide bonds. The summed E-state index contributed by atoms with van der Waals surface area (Å²) in [6.07, 6.45) is 28.8. The van der Waals surface area contributed by atoms with E-state index in [4.69, 9.17) is 10.2 Å². The first-order valence-corrected chi connectivity index (χ1v) is 11.7. The zero-order valence-corrected chi connectivity index (χ0v) is 17.8. The van der Waals surface area contributed by atoms with Gasteiger partial charge in [0.15, 0.2) is 0 Å². The third-order valence-electron chi connectivity index (χ3n) is 5.21. The molecule has 3 nitrogen and oxygen atoms in total. The van der Waals surface area contributed by atoms with Crippen LogP contribution in [0, 0.1) is 0 Å². The SMILES string of the molecule is O=C(O)CCCCCCCCCCCCCC=CCCCCCCCCO. The second kappa shape index (κ2) is 23.2. The van der Waals surface area contributed by atoms with Crippen molar-refractivity contribution in [2.24, 2.45) is 0 Å².